The Morgan fingerprint density at radius 1 is 1.68 bits per heavy atom. The van der Waals surface area contributed by atoms with Crippen molar-refractivity contribution in [3.05, 3.63) is 45.0 Å². The summed E-state index contributed by atoms with van der Waals surface area (Å²) in [5, 5.41) is 6.12. The van der Waals surface area contributed by atoms with Gasteiger partial charge in [0.25, 0.3) is 0 Å². The predicted octanol–water partition coefficient (Wildman–Crippen LogP) is 2.59. The first kappa shape index (κ1) is 15.2. The summed E-state index contributed by atoms with van der Waals surface area (Å²) >= 11 is 5.58. The average molecular weight is 287 g/mol. The lowest BCUT2D eigenvalue weighted by atomic mass is 10.1. The van der Waals surface area contributed by atoms with Gasteiger partial charge in [0, 0.05) is 18.0 Å². The summed E-state index contributed by atoms with van der Waals surface area (Å²) in [5.41, 5.74) is 8.53. The maximum Gasteiger partial charge on any atom is 0.327 e. The minimum Gasteiger partial charge on any atom is -0.468 e. The predicted molar refractivity (Wildman–Crippen MR) is 68.2 cm³/mol. The molecule has 1 N–H and O–H groups in total. The number of benzene rings is 1. The van der Waals surface area contributed by atoms with Crippen molar-refractivity contribution in [2.24, 2.45) is 5.11 Å². The second kappa shape index (κ2) is 7.58. The minimum absolute atomic E-state index is 0.0264. The molecular weight excluding hydrogens is 275 g/mol. The Morgan fingerprint density at radius 3 is 3.00 bits per heavy atom. The Kier molecular flexibility index (Phi) is 6.08. The van der Waals surface area contributed by atoms with E-state index in [1.165, 1.54) is 19.2 Å². The number of esters is 1. The normalized spacial score (nSPS) is 11.5. The van der Waals surface area contributed by atoms with Gasteiger partial charge in [-0.2, -0.15) is 0 Å². The lowest BCUT2D eigenvalue weighted by molar-refractivity contribution is -0.143. The van der Waals surface area contributed by atoms with Gasteiger partial charge in [0.2, 0.25) is 0 Å². The minimum atomic E-state index is -0.842. The summed E-state index contributed by atoms with van der Waals surface area (Å²) in [6, 6.07) is 3.20. The molecule has 1 aromatic carbocycles. The van der Waals surface area contributed by atoms with Crippen LogP contribution in [-0.2, 0) is 9.53 Å². The third kappa shape index (κ3) is 4.40. The summed E-state index contributed by atoms with van der Waals surface area (Å²) in [7, 11) is 1.23. The smallest absolute Gasteiger partial charge is 0.327 e. The number of carbonyl (C=O) groups is 1. The van der Waals surface area contributed by atoms with Crippen molar-refractivity contribution in [3.8, 4) is 0 Å². The van der Waals surface area contributed by atoms with E-state index in [1.54, 1.807) is 0 Å². The summed E-state index contributed by atoms with van der Waals surface area (Å²) in [5.74, 6) is -1.19. The number of hydrogen-bond donors (Lipinski definition) is 1. The maximum absolute atomic E-state index is 13.4. The molecule has 0 saturated heterocycles. The average Bonchev–Trinajstić information content (AvgIpc) is 2.41. The molecule has 0 saturated carbocycles. The van der Waals surface area contributed by atoms with Crippen LogP contribution >= 0.6 is 11.6 Å². The summed E-state index contributed by atoms with van der Waals surface area (Å²) in [6.45, 7) is 0.425. The Balaban J connectivity index is 2.86. The van der Waals surface area contributed by atoms with Crippen LogP contribution in [-0.4, -0.2) is 26.2 Å². The number of halogens is 2. The van der Waals surface area contributed by atoms with E-state index >= 15 is 0 Å². The van der Waals surface area contributed by atoms with E-state index in [0.29, 0.717) is 5.56 Å². The van der Waals surface area contributed by atoms with Crippen molar-refractivity contribution in [1.29, 1.82) is 0 Å². The van der Waals surface area contributed by atoms with Gasteiger partial charge in [-0.15, -0.1) is 0 Å². The Morgan fingerprint density at radius 2 is 2.42 bits per heavy atom. The second-order valence-electron chi connectivity index (χ2n) is 3.54. The fraction of sp³-hybridized carbons (Fsp3) is 0.364. The zero-order chi connectivity index (χ0) is 14.3. The van der Waals surface area contributed by atoms with Crippen LogP contribution in [0.15, 0.2) is 23.3 Å². The van der Waals surface area contributed by atoms with Gasteiger partial charge >= 0.3 is 5.97 Å². The van der Waals surface area contributed by atoms with E-state index in [1.807, 2.05) is 0 Å². The second-order valence-corrected chi connectivity index (χ2v) is 3.95. The first-order chi connectivity index (χ1) is 9.10. The van der Waals surface area contributed by atoms with E-state index < -0.39 is 17.8 Å². The van der Waals surface area contributed by atoms with Crippen LogP contribution in [0.25, 0.3) is 10.4 Å². The Labute approximate surface area is 114 Å². The molecule has 1 atom stereocenters. The molecule has 102 valence electrons. The molecule has 0 fully saturated rings. The molecule has 0 heterocycles. The van der Waals surface area contributed by atoms with Crippen LogP contribution in [0, 0.1) is 5.82 Å². The molecule has 19 heavy (non-hydrogen) atoms. The van der Waals surface area contributed by atoms with Crippen LogP contribution in [0.2, 0.25) is 5.02 Å². The Hall–Kier alpha value is -1.82. The molecule has 1 unspecified atom stereocenters. The van der Waals surface area contributed by atoms with Crippen molar-refractivity contribution in [1.82, 2.24) is 5.32 Å². The first-order valence-corrected chi connectivity index (χ1v) is 5.75. The highest BCUT2D eigenvalue weighted by molar-refractivity contribution is 6.30. The third-order valence-corrected chi connectivity index (χ3v) is 2.64. The van der Waals surface area contributed by atoms with E-state index in [2.05, 4.69) is 20.1 Å². The zero-order valence-corrected chi connectivity index (χ0v) is 10.9. The van der Waals surface area contributed by atoms with Gasteiger partial charge in [0.1, 0.15) is 11.9 Å². The van der Waals surface area contributed by atoms with Gasteiger partial charge in [-0.1, -0.05) is 22.8 Å². The quantitative estimate of drug-likeness (QED) is 0.287. The van der Waals surface area contributed by atoms with Crippen LogP contribution in [0.5, 0.6) is 0 Å². The van der Waals surface area contributed by atoms with Gasteiger partial charge in [-0.25, -0.2) is 9.18 Å². The number of rotatable bonds is 6. The Bertz CT molecular complexity index is 505. The molecule has 0 bridgehead atoms. The molecule has 0 spiro atoms. The fourth-order valence-electron chi connectivity index (χ4n) is 1.45. The third-order valence-electron chi connectivity index (χ3n) is 2.34. The zero-order valence-electron chi connectivity index (χ0n) is 10.1. The van der Waals surface area contributed by atoms with E-state index in [4.69, 9.17) is 17.1 Å². The standard InChI is InChI=1S/C11H12ClFN4O2/c1-19-11(18)10(15-4-5-16-17-14)7-2-3-8(12)9(13)6-7/h2-3,6,10,15H,4-5H2,1H3. The number of nitrogens with one attached hydrogen (secondary N) is 1. The van der Waals surface area contributed by atoms with Crippen molar-refractivity contribution >= 4 is 17.6 Å². The number of nitrogens with zero attached hydrogens (tertiary/aromatic N) is 3. The van der Waals surface area contributed by atoms with Crippen LogP contribution < -0.4 is 5.32 Å². The molecule has 0 radical (unpaired) electrons. The molecule has 1 aromatic rings. The van der Waals surface area contributed by atoms with Crippen molar-refractivity contribution in [3.63, 3.8) is 0 Å². The molecule has 0 aliphatic carbocycles. The molecule has 0 aromatic heterocycles. The molecule has 0 aliphatic heterocycles. The number of methoxy groups -OCH3 is 1. The van der Waals surface area contributed by atoms with E-state index in [9.17, 15) is 9.18 Å². The highest BCUT2D eigenvalue weighted by atomic mass is 35.5. The van der Waals surface area contributed by atoms with Crippen molar-refractivity contribution in [2.75, 3.05) is 20.2 Å². The molecule has 0 aliphatic rings. The largest absolute Gasteiger partial charge is 0.468 e. The molecule has 8 heteroatoms. The molecule has 6 nitrogen and oxygen atoms in total. The lowest BCUT2D eigenvalue weighted by Gasteiger charge is -2.16. The van der Waals surface area contributed by atoms with Gasteiger partial charge in [-0.3, -0.25) is 0 Å². The number of ether oxygens (including phenoxy) is 1. The number of hydrogen-bond acceptors (Lipinski definition) is 4. The van der Waals surface area contributed by atoms with Gasteiger partial charge in [0.05, 0.1) is 12.1 Å². The summed E-state index contributed by atoms with van der Waals surface area (Å²) in [4.78, 5) is 14.2. The van der Waals surface area contributed by atoms with Crippen LogP contribution in [0.1, 0.15) is 11.6 Å². The first-order valence-electron chi connectivity index (χ1n) is 5.37. The topological polar surface area (TPSA) is 87.1 Å². The van der Waals surface area contributed by atoms with E-state index in [0.717, 1.165) is 6.07 Å². The highest BCUT2D eigenvalue weighted by Gasteiger charge is 2.21. The van der Waals surface area contributed by atoms with Crippen molar-refractivity contribution in [2.45, 2.75) is 6.04 Å². The molecule has 0 amide bonds. The molecule has 1 rings (SSSR count). The summed E-state index contributed by atoms with van der Waals surface area (Å²) in [6.07, 6.45) is 0. The monoisotopic (exact) mass is 286 g/mol. The van der Waals surface area contributed by atoms with Crippen molar-refractivity contribution < 1.29 is 13.9 Å². The number of carbonyl (C=O) groups excluding carboxylic acids is 1. The maximum atomic E-state index is 13.4. The van der Waals surface area contributed by atoms with E-state index in [-0.39, 0.29) is 18.1 Å². The van der Waals surface area contributed by atoms with Gasteiger partial charge < -0.3 is 10.1 Å². The molecular formula is C11H12ClFN4O2. The van der Waals surface area contributed by atoms with Gasteiger partial charge in [-0.05, 0) is 23.2 Å². The fourth-order valence-corrected chi connectivity index (χ4v) is 1.57. The van der Waals surface area contributed by atoms with Crippen LogP contribution in [0.3, 0.4) is 0 Å². The van der Waals surface area contributed by atoms with Gasteiger partial charge in [0.15, 0.2) is 0 Å². The lowest BCUT2D eigenvalue weighted by Crippen LogP contribution is -2.31. The SMILES string of the molecule is COC(=O)C(NCCN=[N+]=[N-])c1ccc(Cl)c(F)c1. The highest BCUT2D eigenvalue weighted by Crippen LogP contribution is 2.21. The number of azide groups is 1. The summed E-state index contributed by atoms with van der Waals surface area (Å²) < 4.78 is 18.0. The van der Waals surface area contributed by atoms with Crippen LogP contribution in [0.4, 0.5) is 4.39 Å².